The number of ether oxygens (including phenoxy) is 1. The minimum atomic E-state index is -0.392. The molecule has 0 unspecified atom stereocenters. The lowest BCUT2D eigenvalue weighted by Gasteiger charge is -2.02. The van der Waals surface area contributed by atoms with Crippen LogP contribution in [0.15, 0.2) is 16.7 Å². The molecule has 5 nitrogen and oxygen atoms in total. The summed E-state index contributed by atoms with van der Waals surface area (Å²) in [6.07, 6.45) is 1.59. The molecule has 1 aromatic carbocycles. The zero-order valence-electron chi connectivity index (χ0n) is 11.5. The topological polar surface area (TPSA) is 75.5 Å². The van der Waals surface area contributed by atoms with Crippen LogP contribution in [0.5, 0.6) is 5.75 Å². The summed E-state index contributed by atoms with van der Waals surface area (Å²) in [6, 6.07) is 1.54. The van der Waals surface area contributed by atoms with Crippen molar-refractivity contribution in [3.8, 4) is 5.75 Å². The van der Waals surface area contributed by atoms with Crippen molar-refractivity contribution in [1.29, 1.82) is 0 Å². The van der Waals surface area contributed by atoms with Gasteiger partial charge < -0.3 is 19.2 Å². The molecule has 0 radical (unpaired) electrons. The summed E-state index contributed by atoms with van der Waals surface area (Å²) in [5.41, 5.74) is 3.28. The van der Waals surface area contributed by atoms with Gasteiger partial charge in [0.1, 0.15) is 0 Å². The fraction of sp³-hybridized carbons (Fsp3) is 0.267. The Kier molecular flexibility index (Phi) is 2.71. The molecule has 0 saturated heterocycles. The van der Waals surface area contributed by atoms with Gasteiger partial charge in [0.15, 0.2) is 11.3 Å². The Morgan fingerprint density at radius 3 is 2.90 bits per heavy atom. The molecule has 0 amide bonds. The van der Waals surface area contributed by atoms with Crippen LogP contribution in [0.2, 0.25) is 0 Å². The number of phenolic OH excluding ortho intramolecular Hbond substituents is 1. The summed E-state index contributed by atoms with van der Waals surface area (Å²) in [6.45, 7) is 5.78. The highest BCUT2D eigenvalue weighted by atomic mass is 16.5. The number of aromatic nitrogens is 1. The third-order valence-corrected chi connectivity index (χ3v) is 3.44. The number of nitrogens with one attached hydrogen (secondary N) is 1. The Morgan fingerprint density at radius 2 is 2.20 bits per heavy atom. The minimum absolute atomic E-state index is 0.0187. The Morgan fingerprint density at radius 1 is 1.45 bits per heavy atom. The molecule has 2 aromatic heterocycles. The number of rotatable bonds is 2. The van der Waals surface area contributed by atoms with E-state index in [1.165, 1.54) is 6.07 Å². The highest BCUT2D eigenvalue weighted by Crippen LogP contribution is 2.38. The normalized spacial score (nSPS) is 11.3. The molecular weight excluding hydrogens is 258 g/mol. The number of carbonyl (C=O) groups is 1. The number of H-pyrrole nitrogens is 1. The van der Waals surface area contributed by atoms with Crippen LogP contribution in [0, 0.1) is 13.8 Å². The van der Waals surface area contributed by atoms with E-state index in [0.29, 0.717) is 28.8 Å². The van der Waals surface area contributed by atoms with Gasteiger partial charge in [0.25, 0.3) is 0 Å². The maximum Gasteiger partial charge on any atom is 0.340 e. The number of aromatic hydroxyl groups is 1. The van der Waals surface area contributed by atoms with Gasteiger partial charge in [0.2, 0.25) is 0 Å². The maximum absolute atomic E-state index is 12.1. The Hall–Kier alpha value is -2.43. The van der Waals surface area contributed by atoms with Gasteiger partial charge in [-0.05, 0) is 32.4 Å². The van der Waals surface area contributed by atoms with Crippen molar-refractivity contribution in [3.63, 3.8) is 0 Å². The monoisotopic (exact) mass is 273 g/mol. The van der Waals surface area contributed by atoms with Gasteiger partial charge in [0, 0.05) is 11.1 Å². The molecule has 2 heterocycles. The smallest absolute Gasteiger partial charge is 0.340 e. The van der Waals surface area contributed by atoms with Crippen molar-refractivity contribution in [2.24, 2.45) is 0 Å². The number of esters is 1. The molecule has 20 heavy (non-hydrogen) atoms. The standard InChI is InChI=1S/C15H15NO4/c1-4-19-15(18)12-8(3)16-13-9(12)5-10(17)14-11(13)7(2)6-20-14/h5-6,16-17H,4H2,1-3H3. The van der Waals surface area contributed by atoms with Gasteiger partial charge in [-0.15, -0.1) is 0 Å². The van der Waals surface area contributed by atoms with E-state index in [2.05, 4.69) is 4.98 Å². The molecule has 104 valence electrons. The number of hydrogen-bond acceptors (Lipinski definition) is 4. The molecule has 0 saturated carbocycles. The second kappa shape index (κ2) is 4.30. The average Bonchev–Trinajstić information content (AvgIpc) is 2.91. The van der Waals surface area contributed by atoms with Gasteiger partial charge in [-0.25, -0.2) is 4.79 Å². The van der Waals surface area contributed by atoms with Crippen LogP contribution in [0.4, 0.5) is 0 Å². The highest BCUT2D eigenvalue weighted by molar-refractivity contribution is 6.15. The Labute approximate surface area is 115 Å². The van der Waals surface area contributed by atoms with Crippen molar-refractivity contribution in [2.75, 3.05) is 6.61 Å². The van der Waals surface area contributed by atoms with Crippen molar-refractivity contribution in [2.45, 2.75) is 20.8 Å². The van der Waals surface area contributed by atoms with Crippen LogP contribution in [-0.2, 0) is 4.74 Å². The van der Waals surface area contributed by atoms with Crippen LogP contribution in [-0.4, -0.2) is 22.7 Å². The number of aromatic amines is 1. The minimum Gasteiger partial charge on any atom is -0.504 e. The van der Waals surface area contributed by atoms with Crippen LogP contribution in [0.3, 0.4) is 0 Å². The first-order chi connectivity index (χ1) is 9.54. The van der Waals surface area contributed by atoms with Gasteiger partial charge in [0.05, 0.1) is 29.3 Å². The van der Waals surface area contributed by atoms with E-state index in [1.54, 1.807) is 13.2 Å². The molecule has 0 fully saturated rings. The summed E-state index contributed by atoms with van der Waals surface area (Å²) in [5.74, 6) is -0.374. The largest absolute Gasteiger partial charge is 0.504 e. The molecule has 0 bridgehead atoms. The fourth-order valence-corrected chi connectivity index (χ4v) is 2.60. The lowest BCUT2D eigenvalue weighted by atomic mass is 10.1. The number of benzene rings is 1. The van der Waals surface area contributed by atoms with E-state index in [4.69, 9.17) is 9.15 Å². The lowest BCUT2D eigenvalue weighted by molar-refractivity contribution is 0.0528. The summed E-state index contributed by atoms with van der Waals surface area (Å²) >= 11 is 0. The van der Waals surface area contributed by atoms with Crippen molar-refractivity contribution < 1.29 is 19.1 Å². The summed E-state index contributed by atoms with van der Waals surface area (Å²) in [7, 11) is 0. The number of aryl methyl sites for hydroxylation is 2. The predicted molar refractivity (Wildman–Crippen MR) is 75.2 cm³/mol. The van der Waals surface area contributed by atoms with Crippen LogP contribution in [0.25, 0.3) is 21.9 Å². The third kappa shape index (κ3) is 1.59. The molecule has 0 atom stereocenters. The average molecular weight is 273 g/mol. The van der Waals surface area contributed by atoms with Crippen molar-refractivity contribution in [3.05, 3.63) is 29.2 Å². The first-order valence-electron chi connectivity index (χ1n) is 6.43. The Balaban J connectivity index is 2.42. The molecule has 0 aliphatic carbocycles. The molecule has 0 aliphatic heterocycles. The van der Waals surface area contributed by atoms with Crippen LogP contribution in [0.1, 0.15) is 28.5 Å². The second-order valence-electron chi connectivity index (χ2n) is 4.79. The quantitative estimate of drug-likeness (QED) is 0.701. The molecule has 5 heteroatoms. The molecule has 2 N–H and O–H groups in total. The number of fused-ring (bicyclic) bond motifs is 3. The number of phenols is 1. The fourth-order valence-electron chi connectivity index (χ4n) is 2.60. The van der Waals surface area contributed by atoms with Crippen LogP contribution < -0.4 is 0 Å². The zero-order valence-corrected chi connectivity index (χ0v) is 11.5. The molecule has 0 aliphatic rings. The van der Waals surface area contributed by atoms with Crippen LogP contribution >= 0.6 is 0 Å². The highest BCUT2D eigenvalue weighted by Gasteiger charge is 2.22. The third-order valence-electron chi connectivity index (χ3n) is 3.44. The van der Waals surface area contributed by atoms with Crippen molar-refractivity contribution in [1.82, 2.24) is 4.98 Å². The van der Waals surface area contributed by atoms with E-state index >= 15 is 0 Å². The van der Waals surface area contributed by atoms with E-state index in [1.807, 2.05) is 13.8 Å². The lowest BCUT2D eigenvalue weighted by Crippen LogP contribution is -2.05. The van der Waals surface area contributed by atoms with Gasteiger partial charge in [-0.3, -0.25) is 0 Å². The van der Waals surface area contributed by atoms with Gasteiger partial charge in [-0.1, -0.05) is 0 Å². The summed E-state index contributed by atoms with van der Waals surface area (Å²) in [5, 5.41) is 11.5. The maximum atomic E-state index is 12.1. The van der Waals surface area contributed by atoms with Gasteiger partial charge >= 0.3 is 5.97 Å². The summed E-state index contributed by atoms with van der Waals surface area (Å²) < 4.78 is 10.4. The second-order valence-corrected chi connectivity index (χ2v) is 4.79. The molecule has 3 aromatic rings. The number of carbonyl (C=O) groups excluding carboxylic acids is 1. The van der Waals surface area contributed by atoms with Crippen molar-refractivity contribution >= 4 is 27.8 Å². The van der Waals surface area contributed by atoms with E-state index in [9.17, 15) is 9.90 Å². The number of hydrogen-bond donors (Lipinski definition) is 2. The first-order valence-corrected chi connectivity index (χ1v) is 6.43. The zero-order chi connectivity index (χ0) is 14.4. The summed E-state index contributed by atoms with van der Waals surface area (Å²) in [4.78, 5) is 15.3. The Bertz CT molecular complexity index is 825. The SMILES string of the molecule is CCOC(=O)c1c(C)[nH]c2c1cc(O)c1occ(C)c12. The van der Waals surface area contributed by atoms with E-state index in [0.717, 1.165) is 16.5 Å². The van der Waals surface area contributed by atoms with E-state index in [-0.39, 0.29) is 5.75 Å². The first kappa shape index (κ1) is 12.6. The predicted octanol–water partition coefficient (Wildman–Crippen LogP) is 3.41. The molecule has 0 spiro atoms. The van der Waals surface area contributed by atoms with E-state index < -0.39 is 5.97 Å². The number of furan rings is 1. The molecular formula is C15H15NO4. The van der Waals surface area contributed by atoms with Gasteiger partial charge in [-0.2, -0.15) is 0 Å². The molecule has 3 rings (SSSR count).